The molecule has 2 aliphatic heterocycles. The highest BCUT2D eigenvalue weighted by atomic mass is 16.5. The molecule has 4 aromatic rings. The summed E-state index contributed by atoms with van der Waals surface area (Å²) in [5.74, 6) is 2.26. The predicted molar refractivity (Wildman–Crippen MR) is 137 cm³/mol. The van der Waals surface area contributed by atoms with Crippen LogP contribution >= 0.6 is 0 Å². The van der Waals surface area contributed by atoms with Crippen LogP contribution < -0.4 is 4.74 Å². The van der Waals surface area contributed by atoms with Gasteiger partial charge in [0.1, 0.15) is 16.7 Å². The smallest absolute Gasteiger partial charge is 0.272 e. The topological polar surface area (TPSA) is 104 Å². The minimum Gasteiger partial charge on any atom is -0.478 e. The molecule has 3 aliphatic rings. The molecule has 2 saturated heterocycles. The van der Waals surface area contributed by atoms with E-state index >= 15 is 0 Å². The Balaban J connectivity index is 0.00000147. The first-order valence-corrected chi connectivity index (χ1v) is 12.5. The van der Waals surface area contributed by atoms with Crippen molar-refractivity contribution in [1.29, 1.82) is 0 Å². The molecular formula is C27H30N6O3. The molecule has 36 heavy (non-hydrogen) atoms. The standard InChI is InChI=1S/C27H26N6O3.2H2/c1-2-36-25-17-6-4-3-5-15(17)9-24(28-25)27(35)33-13-20-18-11-32(12-19(18)21(20)14-33)26(34)16-7-8-22-23(10-16)30-31-29-22;;/h3-10,18-21H,2,11-14H2,1H3,(H,29,30,31);2*1H/t18-,19+,20?,21?;;. The van der Waals surface area contributed by atoms with Gasteiger partial charge in [-0.2, -0.15) is 15.4 Å². The maximum absolute atomic E-state index is 13.5. The van der Waals surface area contributed by atoms with Crippen LogP contribution in [0.15, 0.2) is 48.5 Å². The molecule has 4 atom stereocenters. The third-order valence-corrected chi connectivity index (χ3v) is 8.27. The van der Waals surface area contributed by atoms with Crippen molar-refractivity contribution in [1.82, 2.24) is 30.2 Å². The first-order valence-electron chi connectivity index (χ1n) is 12.5. The quantitative estimate of drug-likeness (QED) is 0.474. The number of amides is 2. The lowest BCUT2D eigenvalue weighted by molar-refractivity contribution is 0.0629. The Morgan fingerprint density at radius 3 is 2.31 bits per heavy atom. The summed E-state index contributed by atoms with van der Waals surface area (Å²) in [5.41, 5.74) is 2.53. The number of rotatable bonds is 4. The Morgan fingerprint density at radius 2 is 1.58 bits per heavy atom. The van der Waals surface area contributed by atoms with Gasteiger partial charge in [-0.05, 0) is 66.3 Å². The fraction of sp³-hybridized carbons (Fsp3) is 0.370. The number of nitrogens with one attached hydrogen (secondary N) is 1. The summed E-state index contributed by atoms with van der Waals surface area (Å²) in [7, 11) is 0. The van der Waals surface area contributed by atoms with Gasteiger partial charge in [-0.1, -0.05) is 18.2 Å². The number of likely N-dealkylation sites (tertiary alicyclic amines) is 2. The van der Waals surface area contributed by atoms with Crippen LogP contribution in [-0.4, -0.2) is 74.8 Å². The van der Waals surface area contributed by atoms with Gasteiger partial charge in [0.2, 0.25) is 5.88 Å². The molecule has 2 aromatic carbocycles. The first-order chi connectivity index (χ1) is 17.6. The van der Waals surface area contributed by atoms with Gasteiger partial charge in [0.15, 0.2) is 0 Å². The summed E-state index contributed by atoms with van der Waals surface area (Å²) in [5, 5.41) is 12.6. The number of benzene rings is 2. The Labute approximate surface area is 210 Å². The Bertz CT molecular complexity index is 1510. The lowest BCUT2D eigenvalue weighted by Gasteiger charge is -2.42. The molecule has 0 bridgehead atoms. The molecule has 0 spiro atoms. The van der Waals surface area contributed by atoms with E-state index in [9.17, 15) is 9.59 Å². The van der Waals surface area contributed by atoms with E-state index in [4.69, 9.17) is 4.74 Å². The van der Waals surface area contributed by atoms with Gasteiger partial charge < -0.3 is 14.5 Å². The van der Waals surface area contributed by atoms with Crippen molar-refractivity contribution in [2.45, 2.75) is 6.92 Å². The molecule has 0 radical (unpaired) electrons. The first kappa shape index (κ1) is 21.3. The highest BCUT2D eigenvalue weighted by Crippen LogP contribution is 2.54. The fourth-order valence-corrected chi connectivity index (χ4v) is 6.55. The van der Waals surface area contributed by atoms with Crippen LogP contribution in [0.25, 0.3) is 21.8 Å². The Hall–Kier alpha value is -4.01. The molecule has 186 valence electrons. The van der Waals surface area contributed by atoms with Gasteiger partial charge in [-0.3, -0.25) is 9.59 Å². The second kappa shape index (κ2) is 8.01. The molecule has 9 heteroatoms. The normalized spacial score (nSPS) is 24.6. The average Bonchev–Trinajstić information content (AvgIpc) is 3.62. The van der Waals surface area contributed by atoms with Crippen molar-refractivity contribution in [2.24, 2.45) is 23.7 Å². The number of aromatic amines is 1. The summed E-state index contributed by atoms with van der Waals surface area (Å²) in [4.78, 5) is 35.2. The van der Waals surface area contributed by atoms with Crippen molar-refractivity contribution >= 4 is 33.6 Å². The SMILES string of the molecule is CCOc1nc(C(=O)N2CC3C(C2)[C@@H]2CN(C(=O)c4ccc5n[nH]nc5c4)C[C@H]32)cc2ccccc12.[HH].[HH]. The fourth-order valence-electron chi connectivity index (χ4n) is 6.55. The number of hydrogen-bond donors (Lipinski definition) is 1. The second-order valence-electron chi connectivity index (χ2n) is 10.1. The van der Waals surface area contributed by atoms with Crippen LogP contribution in [0.2, 0.25) is 0 Å². The third kappa shape index (κ3) is 3.18. The molecule has 2 aromatic heterocycles. The number of aromatic nitrogens is 4. The Kier molecular flexibility index (Phi) is 4.74. The number of carbonyl (C=O) groups is 2. The number of ether oxygens (including phenoxy) is 1. The molecule has 2 unspecified atom stereocenters. The Morgan fingerprint density at radius 1 is 0.917 bits per heavy atom. The minimum atomic E-state index is -0.0389. The van der Waals surface area contributed by atoms with Crippen molar-refractivity contribution in [3.8, 4) is 5.88 Å². The van der Waals surface area contributed by atoms with Crippen LogP contribution in [-0.2, 0) is 0 Å². The number of pyridine rings is 1. The number of carbonyl (C=O) groups excluding carboxylic acids is 2. The zero-order chi connectivity index (χ0) is 24.4. The van der Waals surface area contributed by atoms with E-state index in [2.05, 4.69) is 20.4 Å². The van der Waals surface area contributed by atoms with Gasteiger partial charge >= 0.3 is 0 Å². The maximum Gasteiger partial charge on any atom is 0.272 e. The molecule has 7 rings (SSSR count). The maximum atomic E-state index is 13.5. The van der Waals surface area contributed by atoms with Gasteiger partial charge in [-0.15, -0.1) is 0 Å². The molecule has 4 heterocycles. The molecule has 1 aliphatic carbocycles. The number of hydrogen-bond acceptors (Lipinski definition) is 6. The largest absolute Gasteiger partial charge is 0.478 e. The van der Waals surface area contributed by atoms with Crippen molar-refractivity contribution in [3.05, 3.63) is 59.8 Å². The van der Waals surface area contributed by atoms with Gasteiger partial charge in [-0.25, -0.2) is 4.98 Å². The monoisotopic (exact) mass is 486 g/mol. The molecule has 1 N–H and O–H groups in total. The molecule has 9 nitrogen and oxygen atoms in total. The zero-order valence-corrected chi connectivity index (χ0v) is 19.9. The van der Waals surface area contributed by atoms with E-state index in [-0.39, 0.29) is 14.7 Å². The summed E-state index contributed by atoms with van der Waals surface area (Å²) in [6, 6.07) is 15.2. The van der Waals surface area contributed by atoms with Gasteiger partial charge in [0.25, 0.3) is 11.8 Å². The van der Waals surface area contributed by atoms with E-state index < -0.39 is 0 Å². The molecular weight excluding hydrogens is 456 g/mol. The third-order valence-electron chi connectivity index (χ3n) is 8.27. The highest BCUT2D eigenvalue weighted by Gasteiger charge is 2.59. The van der Waals surface area contributed by atoms with Crippen LogP contribution in [0.3, 0.4) is 0 Å². The lowest BCUT2D eigenvalue weighted by atomic mass is 9.60. The summed E-state index contributed by atoms with van der Waals surface area (Å²) in [6.45, 7) is 5.33. The van der Waals surface area contributed by atoms with Crippen molar-refractivity contribution in [3.63, 3.8) is 0 Å². The van der Waals surface area contributed by atoms with Crippen LogP contribution in [0.1, 0.15) is 30.6 Å². The van der Waals surface area contributed by atoms with Crippen molar-refractivity contribution < 1.29 is 17.2 Å². The number of nitrogens with zero attached hydrogens (tertiary/aromatic N) is 5. The van der Waals surface area contributed by atoms with E-state index in [0.717, 1.165) is 42.5 Å². The second-order valence-corrected chi connectivity index (χ2v) is 10.1. The minimum absolute atomic E-state index is 0. The summed E-state index contributed by atoms with van der Waals surface area (Å²) in [6.07, 6.45) is 0. The van der Waals surface area contributed by atoms with Crippen LogP contribution in [0.5, 0.6) is 5.88 Å². The van der Waals surface area contributed by atoms with Gasteiger partial charge in [0.05, 0.1) is 6.61 Å². The van der Waals surface area contributed by atoms with E-state index in [1.165, 1.54) is 0 Å². The highest BCUT2D eigenvalue weighted by molar-refractivity contribution is 5.99. The summed E-state index contributed by atoms with van der Waals surface area (Å²) < 4.78 is 5.75. The van der Waals surface area contributed by atoms with Gasteiger partial charge in [0, 0.05) is 40.0 Å². The van der Waals surface area contributed by atoms with E-state index in [0.29, 0.717) is 52.9 Å². The van der Waals surface area contributed by atoms with Crippen LogP contribution in [0, 0.1) is 23.7 Å². The number of fused-ring (bicyclic) bond motifs is 6. The number of H-pyrrole nitrogens is 1. The van der Waals surface area contributed by atoms with E-state index in [1.54, 1.807) is 6.07 Å². The average molecular weight is 487 g/mol. The molecule has 2 amide bonds. The zero-order valence-electron chi connectivity index (χ0n) is 19.9. The lowest BCUT2D eigenvalue weighted by Crippen LogP contribution is -2.44. The summed E-state index contributed by atoms with van der Waals surface area (Å²) >= 11 is 0. The van der Waals surface area contributed by atoms with Crippen molar-refractivity contribution in [2.75, 3.05) is 32.8 Å². The predicted octanol–water partition coefficient (Wildman–Crippen LogP) is 3.49. The van der Waals surface area contributed by atoms with E-state index in [1.807, 2.05) is 59.2 Å². The molecule has 3 fully saturated rings. The van der Waals surface area contributed by atoms with Crippen LogP contribution in [0.4, 0.5) is 0 Å². The molecule has 1 saturated carbocycles.